The summed E-state index contributed by atoms with van der Waals surface area (Å²) in [6.07, 6.45) is 7.82. The van der Waals surface area contributed by atoms with Crippen molar-refractivity contribution in [2.24, 2.45) is 13.0 Å². The third-order valence-electron chi connectivity index (χ3n) is 4.99. The third kappa shape index (κ3) is 3.48. The lowest BCUT2D eigenvalue weighted by Gasteiger charge is -2.31. The number of H-pyrrole nitrogens is 1. The fourth-order valence-electron chi connectivity index (χ4n) is 3.58. The van der Waals surface area contributed by atoms with Crippen LogP contribution in [0.2, 0.25) is 0 Å². The molecule has 0 saturated carbocycles. The largest absolute Gasteiger partial charge is 0.370 e. The molecule has 3 heterocycles. The number of carbonyl (C=O) groups excluding carboxylic acids is 1. The quantitative estimate of drug-likeness (QED) is 0.736. The number of carbonyl (C=O) groups is 1. The molecule has 1 aliphatic rings. The lowest BCUT2D eigenvalue weighted by molar-refractivity contribution is -0.121. The summed E-state index contributed by atoms with van der Waals surface area (Å²) < 4.78 is 7.95. The molecule has 1 aromatic carbocycles. The molecule has 2 N–H and O–H groups in total. The SMILES string of the molecule is Cn1ccnc1[C@@H]1OCCC[C@H]1CNC(=O)Cc1ccc2[nH]ncc2c1. The molecule has 1 amide bonds. The van der Waals surface area contributed by atoms with Crippen molar-refractivity contribution in [2.75, 3.05) is 13.2 Å². The molecule has 0 unspecified atom stereocenters. The number of nitrogens with zero attached hydrogens (tertiary/aromatic N) is 3. The molecular formula is C19H23N5O2. The summed E-state index contributed by atoms with van der Waals surface area (Å²) in [6.45, 7) is 1.34. The van der Waals surface area contributed by atoms with Gasteiger partial charge in [0, 0.05) is 43.9 Å². The Kier molecular flexibility index (Phi) is 4.71. The van der Waals surface area contributed by atoms with Gasteiger partial charge in [0.25, 0.3) is 0 Å². The van der Waals surface area contributed by atoms with Crippen molar-refractivity contribution in [2.45, 2.75) is 25.4 Å². The predicted octanol–water partition coefficient (Wildman–Crippen LogP) is 2.12. The van der Waals surface area contributed by atoms with E-state index < -0.39 is 0 Å². The van der Waals surface area contributed by atoms with Crippen LogP contribution in [-0.4, -0.2) is 38.8 Å². The maximum atomic E-state index is 12.4. The Bertz CT molecular complexity index is 900. The minimum atomic E-state index is -0.0636. The number of rotatable bonds is 5. The molecule has 3 aromatic rings. The van der Waals surface area contributed by atoms with Gasteiger partial charge in [0.05, 0.1) is 18.1 Å². The zero-order valence-corrected chi connectivity index (χ0v) is 14.8. The van der Waals surface area contributed by atoms with Crippen LogP contribution in [0.1, 0.15) is 30.3 Å². The minimum Gasteiger partial charge on any atom is -0.370 e. The summed E-state index contributed by atoms with van der Waals surface area (Å²) in [5.41, 5.74) is 1.96. The molecule has 2 atom stereocenters. The van der Waals surface area contributed by atoms with Crippen LogP contribution in [0.3, 0.4) is 0 Å². The Balaban J connectivity index is 1.37. The molecule has 4 rings (SSSR count). The monoisotopic (exact) mass is 353 g/mol. The molecule has 0 spiro atoms. The van der Waals surface area contributed by atoms with E-state index in [4.69, 9.17) is 4.74 Å². The van der Waals surface area contributed by atoms with Gasteiger partial charge in [-0.1, -0.05) is 6.07 Å². The Morgan fingerprint density at radius 1 is 1.46 bits per heavy atom. The number of aromatic nitrogens is 4. The first kappa shape index (κ1) is 16.8. The summed E-state index contributed by atoms with van der Waals surface area (Å²) in [6, 6.07) is 5.91. The fraction of sp³-hybridized carbons (Fsp3) is 0.421. The normalized spacial score (nSPS) is 20.3. The van der Waals surface area contributed by atoms with Crippen LogP contribution >= 0.6 is 0 Å². The Labute approximate surface area is 151 Å². The number of benzene rings is 1. The van der Waals surface area contributed by atoms with Crippen molar-refractivity contribution in [1.29, 1.82) is 0 Å². The van der Waals surface area contributed by atoms with Crippen LogP contribution in [0, 0.1) is 5.92 Å². The third-order valence-corrected chi connectivity index (χ3v) is 4.99. The van der Waals surface area contributed by atoms with Crippen LogP contribution in [0.5, 0.6) is 0 Å². The number of nitrogens with one attached hydrogen (secondary N) is 2. The lowest BCUT2D eigenvalue weighted by atomic mass is 9.93. The number of imidazole rings is 1. The molecular weight excluding hydrogens is 330 g/mol. The number of ether oxygens (including phenoxy) is 1. The summed E-state index contributed by atoms with van der Waals surface area (Å²) in [5, 5.41) is 11.0. The standard InChI is InChI=1S/C19H23N5O2/c1-24-7-6-20-19(24)18-14(3-2-8-26-18)11-21-17(25)10-13-4-5-16-15(9-13)12-22-23-16/h4-7,9,12,14,18H,2-3,8,10-11H2,1H3,(H,21,25)(H,22,23)/t14-,18+/m0/s1. The van der Waals surface area contributed by atoms with Crippen molar-refractivity contribution in [3.8, 4) is 0 Å². The van der Waals surface area contributed by atoms with Crippen molar-refractivity contribution in [3.63, 3.8) is 0 Å². The summed E-state index contributed by atoms with van der Waals surface area (Å²) in [7, 11) is 1.97. The van der Waals surface area contributed by atoms with E-state index in [0.717, 1.165) is 41.7 Å². The average molecular weight is 353 g/mol. The Hall–Kier alpha value is -2.67. The summed E-state index contributed by atoms with van der Waals surface area (Å²) in [4.78, 5) is 16.8. The van der Waals surface area contributed by atoms with Gasteiger partial charge in [0.15, 0.2) is 0 Å². The number of hydrogen-bond acceptors (Lipinski definition) is 4. The Morgan fingerprint density at radius 3 is 3.23 bits per heavy atom. The van der Waals surface area contributed by atoms with Crippen molar-refractivity contribution in [3.05, 3.63) is 48.2 Å². The van der Waals surface area contributed by atoms with Gasteiger partial charge in [-0.15, -0.1) is 0 Å². The van der Waals surface area contributed by atoms with Crippen LogP contribution < -0.4 is 5.32 Å². The van der Waals surface area contributed by atoms with Gasteiger partial charge in [0.1, 0.15) is 11.9 Å². The molecule has 136 valence electrons. The fourth-order valence-corrected chi connectivity index (χ4v) is 3.58. The Morgan fingerprint density at radius 2 is 2.38 bits per heavy atom. The first-order valence-electron chi connectivity index (χ1n) is 8.98. The smallest absolute Gasteiger partial charge is 0.224 e. The zero-order chi connectivity index (χ0) is 17.9. The second kappa shape index (κ2) is 7.29. The lowest BCUT2D eigenvalue weighted by Crippen LogP contribution is -2.36. The molecule has 2 aromatic heterocycles. The van der Waals surface area contributed by atoms with Crippen LogP contribution in [0.4, 0.5) is 0 Å². The second-order valence-electron chi connectivity index (χ2n) is 6.86. The summed E-state index contributed by atoms with van der Waals surface area (Å²) >= 11 is 0. The molecule has 1 fully saturated rings. The van der Waals surface area contributed by atoms with E-state index in [0.29, 0.717) is 13.0 Å². The van der Waals surface area contributed by atoms with Crippen molar-refractivity contribution < 1.29 is 9.53 Å². The number of aromatic amines is 1. The van der Waals surface area contributed by atoms with Crippen molar-refractivity contribution >= 4 is 16.8 Å². The molecule has 26 heavy (non-hydrogen) atoms. The zero-order valence-electron chi connectivity index (χ0n) is 14.8. The predicted molar refractivity (Wildman–Crippen MR) is 97.4 cm³/mol. The number of hydrogen-bond donors (Lipinski definition) is 2. The van der Waals surface area contributed by atoms with Gasteiger partial charge < -0.3 is 14.6 Å². The number of fused-ring (bicyclic) bond motifs is 1. The number of amides is 1. The molecule has 1 aliphatic heterocycles. The highest BCUT2D eigenvalue weighted by atomic mass is 16.5. The van der Waals surface area contributed by atoms with E-state index in [1.165, 1.54) is 0 Å². The topological polar surface area (TPSA) is 84.8 Å². The van der Waals surface area contributed by atoms with E-state index >= 15 is 0 Å². The van der Waals surface area contributed by atoms with Gasteiger partial charge in [-0.3, -0.25) is 9.89 Å². The van der Waals surface area contributed by atoms with Crippen LogP contribution in [-0.2, 0) is 23.0 Å². The van der Waals surface area contributed by atoms with Crippen molar-refractivity contribution in [1.82, 2.24) is 25.1 Å². The molecule has 0 aliphatic carbocycles. The van der Waals surface area contributed by atoms with E-state index in [2.05, 4.69) is 20.5 Å². The second-order valence-corrected chi connectivity index (χ2v) is 6.86. The van der Waals surface area contributed by atoms with E-state index in [-0.39, 0.29) is 17.9 Å². The van der Waals surface area contributed by atoms with E-state index in [9.17, 15) is 4.79 Å². The highest BCUT2D eigenvalue weighted by Crippen LogP contribution is 2.32. The maximum Gasteiger partial charge on any atom is 0.224 e. The maximum absolute atomic E-state index is 12.4. The average Bonchev–Trinajstić information content (AvgIpc) is 3.28. The first-order valence-corrected chi connectivity index (χ1v) is 8.98. The number of aryl methyl sites for hydroxylation is 1. The van der Waals surface area contributed by atoms with Gasteiger partial charge in [-0.2, -0.15) is 5.10 Å². The van der Waals surface area contributed by atoms with Gasteiger partial charge in [-0.25, -0.2) is 4.98 Å². The highest BCUT2D eigenvalue weighted by Gasteiger charge is 2.30. The first-order chi connectivity index (χ1) is 12.7. The molecule has 1 saturated heterocycles. The molecule has 0 bridgehead atoms. The van der Waals surface area contributed by atoms with E-state index in [1.807, 2.05) is 36.0 Å². The molecule has 7 nitrogen and oxygen atoms in total. The van der Waals surface area contributed by atoms with E-state index in [1.54, 1.807) is 12.4 Å². The summed E-state index contributed by atoms with van der Waals surface area (Å²) in [5.74, 6) is 1.19. The highest BCUT2D eigenvalue weighted by molar-refractivity contribution is 5.82. The minimum absolute atomic E-state index is 0.0250. The van der Waals surface area contributed by atoms with Gasteiger partial charge in [-0.05, 0) is 30.5 Å². The van der Waals surface area contributed by atoms with Gasteiger partial charge >= 0.3 is 0 Å². The molecule has 7 heteroatoms. The van der Waals surface area contributed by atoms with Gasteiger partial charge in [0.2, 0.25) is 5.91 Å². The van der Waals surface area contributed by atoms with Crippen LogP contribution in [0.25, 0.3) is 10.9 Å². The molecule has 0 radical (unpaired) electrons. The van der Waals surface area contributed by atoms with Crippen LogP contribution in [0.15, 0.2) is 36.8 Å².